The molecule has 69 valence electrons. The van der Waals surface area contributed by atoms with Gasteiger partial charge in [0.2, 0.25) is 0 Å². The van der Waals surface area contributed by atoms with Gasteiger partial charge in [-0.25, -0.2) is 0 Å². The van der Waals surface area contributed by atoms with Crippen LogP contribution in [0.15, 0.2) is 0 Å². The van der Waals surface area contributed by atoms with Gasteiger partial charge in [0.05, 0.1) is 19.1 Å². The molecule has 0 aromatic carbocycles. The van der Waals surface area contributed by atoms with E-state index in [1.165, 1.54) is 11.8 Å². The fourth-order valence-corrected chi connectivity index (χ4v) is 1.29. The molecule has 0 aromatic heterocycles. The summed E-state index contributed by atoms with van der Waals surface area (Å²) < 4.78 is 0. The molecule has 0 aliphatic carbocycles. The molecule has 1 radical (unpaired) electrons. The number of aliphatic carboxylic acids is 1. The van der Waals surface area contributed by atoms with Crippen LogP contribution in [0, 0.1) is 41.3 Å². The zero-order chi connectivity index (χ0) is 8.69. The van der Waals surface area contributed by atoms with Gasteiger partial charge >= 0.3 is 5.97 Å². The van der Waals surface area contributed by atoms with Gasteiger partial charge in [-0.2, -0.15) is 11.8 Å². The van der Waals surface area contributed by atoms with E-state index in [2.05, 4.69) is 0 Å². The molecule has 0 heterocycles. The minimum atomic E-state index is -0.837. The molecule has 1 unspecified atom stereocenters. The number of aliphatic hydroxyl groups is 2. The first-order valence-electron chi connectivity index (χ1n) is 3.25. The molecule has 1 atom stereocenters. The van der Waals surface area contributed by atoms with Gasteiger partial charge in [0.15, 0.2) is 0 Å². The van der Waals surface area contributed by atoms with Crippen molar-refractivity contribution in [3.05, 3.63) is 0 Å². The van der Waals surface area contributed by atoms with E-state index in [1.807, 2.05) is 0 Å². The molecule has 0 aromatic rings. The number of carbonyl (C=O) groups is 1. The largest absolute Gasteiger partial charge is 0.481 e. The summed E-state index contributed by atoms with van der Waals surface area (Å²) in [5, 5.41) is 25.4. The zero-order valence-electron chi connectivity index (χ0n) is 6.64. The summed E-state index contributed by atoms with van der Waals surface area (Å²) in [6.45, 7) is -0.264. The summed E-state index contributed by atoms with van der Waals surface area (Å²) in [5.74, 6) is 0.0342. The van der Waals surface area contributed by atoms with Gasteiger partial charge in [-0.3, -0.25) is 4.79 Å². The molecular weight excluding hydrogens is 309 g/mol. The molecular formula is C6H12O4PrS. The third-order valence-electron chi connectivity index (χ3n) is 0.981. The second kappa shape index (κ2) is 10.2. The fourth-order valence-electron chi connectivity index (χ4n) is 0.432. The Morgan fingerprint density at radius 2 is 2.08 bits per heavy atom. The number of hydrogen-bond acceptors (Lipinski definition) is 4. The minimum Gasteiger partial charge on any atom is -0.481 e. The molecule has 0 amide bonds. The average molecular weight is 321 g/mol. The van der Waals surface area contributed by atoms with E-state index in [1.54, 1.807) is 0 Å². The topological polar surface area (TPSA) is 77.8 Å². The molecule has 0 aliphatic heterocycles. The summed E-state index contributed by atoms with van der Waals surface area (Å²) >= 11 is 1.32. The number of aliphatic hydroxyl groups excluding tert-OH is 2. The van der Waals surface area contributed by atoms with Crippen LogP contribution < -0.4 is 0 Å². The van der Waals surface area contributed by atoms with Gasteiger partial charge in [-0.05, 0) is 0 Å². The Labute approximate surface area is 109 Å². The standard InChI is InChI=1S/C6H12O4S.Pr/c7-3-5(8)4-11-2-1-6(9)10;/h5,7-8H,1-4H2,(H,9,10);. The van der Waals surface area contributed by atoms with E-state index in [0.29, 0.717) is 11.5 Å². The van der Waals surface area contributed by atoms with E-state index in [4.69, 9.17) is 15.3 Å². The summed E-state index contributed by atoms with van der Waals surface area (Å²) in [5.41, 5.74) is 0. The first-order valence-corrected chi connectivity index (χ1v) is 4.40. The molecule has 0 saturated heterocycles. The van der Waals surface area contributed by atoms with Crippen LogP contribution in [0.2, 0.25) is 0 Å². The van der Waals surface area contributed by atoms with Gasteiger partial charge in [-0.1, -0.05) is 0 Å². The molecule has 4 nitrogen and oxygen atoms in total. The van der Waals surface area contributed by atoms with E-state index >= 15 is 0 Å². The first-order chi connectivity index (χ1) is 5.16. The fraction of sp³-hybridized carbons (Fsp3) is 0.833. The van der Waals surface area contributed by atoms with Crippen molar-refractivity contribution in [3.8, 4) is 0 Å². The predicted molar refractivity (Wildman–Crippen MR) is 42.7 cm³/mol. The van der Waals surface area contributed by atoms with E-state index in [0.717, 1.165) is 0 Å². The molecule has 6 heteroatoms. The quantitative estimate of drug-likeness (QED) is 0.578. The Bertz CT molecular complexity index is 122. The number of hydrogen-bond donors (Lipinski definition) is 3. The monoisotopic (exact) mass is 321 g/mol. The van der Waals surface area contributed by atoms with E-state index in [9.17, 15) is 4.79 Å². The minimum absolute atomic E-state index is 0. The van der Waals surface area contributed by atoms with Crippen molar-refractivity contribution in [3.63, 3.8) is 0 Å². The van der Waals surface area contributed by atoms with E-state index in [-0.39, 0.29) is 54.3 Å². The van der Waals surface area contributed by atoms with Crippen LogP contribution in [0.5, 0.6) is 0 Å². The maximum atomic E-state index is 9.99. The normalized spacial score (nSPS) is 11.8. The Morgan fingerprint density at radius 3 is 2.50 bits per heavy atom. The Morgan fingerprint density at radius 1 is 1.50 bits per heavy atom. The van der Waals surface area contributed by atoms with Crippen molar-refractivity contribution in [2.45, 2.75) is 12.5 Å². The summed E-state index contributed by atoms with van der Waals surface area (Å²) in [6, 6.07) is 0. The summed E-state index contributed by atoms with van der Waals surface area (Å²) in [4.78, 5) is 9.99. The SMILES string of the molecule is O=C(O)CCSCC(O)CO.[Pr]. The van der Waals surface area contributed by atoms with Crippen molar-refractivity contribution >= 4 is 17.7 Å². The van der Waals surface area contributed by atoms with Crippen molar-refractivity contribution in [1.82, 2.24) is 0 Å². The van der Waals surface area contributed by atoms with Crippen molar-refractivity contribution in [2.24, 2.45) is 0 Å². The van der Waals surface area contributed by atoms with Crippen molar-refractivity contribution < 1.29 is 61.4 Å². The molecule has 0 bridgehead atoms. The van der Waals surface area contributed by atoms with Crippen LogP contribution in [-0.4, -0.2) is 45.5 Å². The zero-order valence-corrected chi connectivity index (χ0v) is 11.2. The van der Waals surface area contributed by atoms with Gasteiger partial charge < -0.3 is 15.3 Å². The van der Waals surface area contributed by atoms with Gasteiger partial charge in [0.1, 0.15) is 0 Å². The molecule has 0 spiro atoms. The Balaban J connectivity index is 0. The summed E-state index contributed by atoms with van der Waals surface area (Å²) in [6.07, 6.45) is -0.628. The number of rotatable bonds is 6. The smallest absolute Gasteiger partial charge is 0.304 e. The van der Waals surface area contributed by atoms with Crippen LogP contribution in [0.3, 0.4) is 0 Å². The number of thioether (sulfide) groups is 1. The maximum Gasteiger partial charge on any atom is 0.304 e. The van der Waals surface area contributed by atoms with Crippen LogP contribution in [0.1, 0.15) is 6.42 Å². The number of carboxylic acids is 1. The maximum absolute atomic E-state index is 9.99. The third kappa shape index (κ3) is 11.1. The van der Waals surface area contributed by atoms with Crippen molar-refractivity contribution in [1.29, 1.82) is 0 Å². The average Bonchev–Trinajstić information content (AvgIpc) is 1.97. The Kier molecular flexibility index (Phi) is 13.2. The second-order valence-corrected chi connectivity index (χ2v) is 3.20. The van der Waals surface area contributed by atoms with E-state index < -0.39 is 12.1 Å². The molecule has 12 heavy (non-hydrogen) atoms. The molecule has 0 aliphatic rings. The number of carboxylic acid groups (broad SMARTS) is 1. The predicted octanol–water partition coefficient (Wildman–Crippen LogP) is -0.452. The third-order valence-corrected chi connectivity index (χ3v) is 2.09. The molecule has 0 saturated carbocycles. The molecule has 0 rings (SSSR count). The summed E-state index contributed by atoms with van der Waals surface area (Å²) in [7, 11) is 0. The van der Waals surface area contributed by atoms with Gasteiger partial charge in [0, 0.05) is 52.8 Å². The first kappa shape index (κ1) is 15.6. The van der Waals surface area contributed by atoms with Gasteiger partial charge in [0.25, 0.3) is 0 Å². The second-order valence-electron chi connectivity index (χ2n) is 2.06. The molecule has 0 fully saturated rings. The molecule has 3 N–H and O–H groups in total. The Hall–Kier alpha value is 1.10. The van der Waals surface area contributed by atoms with Crippen LogP contribution in [0.25, 0.3) is 0 Å². The van der Waals surface area contributed by atoms with Gasteiger partial charge in [-0.15, -0.1) is 0 Å². The van der Waals surface area contributed by atoms with Crippen LogP contribution in [-0.2, 0) is 4.79 Å². The van der Waals surface area contributed by atoms with Crippen molar-refractivity contribution in [2.75, 3.05) is 18.1 Å². The van der Waals surface area contributed by atoms with Crippen LogP contribution in [0.4, 0.5) is 0 Å². The van der Waals surface area contributed by atoms with Crippen LogP contribution >= 0.6 is 11.8 Å².